The number of benzene rings is 1. The van der Waals surface area contributed by atoms with Crippen molar-refractivity contribution in [3.63, 3.8) is 0 Å². The third-order valence-electron chi connectivity index (χ3n) is 2.63. The molecule has 2 rings (SSSR count). The highest BCUT2D eigenvalue weighted by Crippen LogP contribution is 2.14. The second-order valence-electron chi connectivity index (χ2n) is 3.84. The van der Waals surface area contributed by atoms with Crippen molar-refractivity contribution in [1.29, 1.82) is 0 Å². The molecule has 0 saturated heterocycles. The molecule has 1 aliphatic rings. The summed E-state index contributed by atoms with van der Waals surface area (Å²) in [5.41, 5.74) is 1.32. The molecule has 1 unspecified atom stereocenters. The Labute approximate surface area is 90.7 Å². The fourth-order valence-electron chi connectivity index (χ4n) is 1.80. The lowest BCUT2D eigenvalue weighted by Gasteiger charge is -2.20. The summed E-state index contributed by atoms with van der Waals surface area (Å²) in [5, 5.41) is 9.27. The van der Waals surface area contributed by atoms with Crippen molar-refractivity contribution >= 4 is 7.12 Å². The molecule has 2 nitrogen and oxygen atoms in total. The van der Waals surface area contributed by atoms with Gasteiger partial charge in [-0.25, -0.2) is 0 Å². The quantitative estimate of drug-likeness (QED) is 0.759. The van der Waals surface area contributed by atoms with Gasteiger partial charge in [-0.2, -0.15) is 0 Å². The lowest BCUT2D eigenvalue weighted by atomic mass is 9.85. The van der Waals surface area contributed by atoms with Crippen molar-refractivity contribution in [2.45, 2.75) is 25.4 Å². The third kappa shape index (κ3) is 3.22. The summed E-state index contributed by atoms with van der Waals surface area (Å²) in [7, 11) is -0.709. The molecule has 0 radical (unpaired) electrons. The molecule has 1 aromatic rings. The average Bonchev–Trinajstić information content (AvgIpc) is 2.28. The van der Waals surface area contributed by atoms with Crippen LogP contribution in [0.1, 0.15) is 18.4 Å². The van der Waals surface area contributed by atoms with E-state index >= 15 is 0 Å². The molecule has 1 atom stereocenters. The summed E-state index contributed by atoms with van der Waals surface area (Å²) < 4.78 is 5.38. The van der Waals surface area contributed by atoms with Crippen LogP contribution in [-0.4, -0.2) is 18.2 Å². The van der Waals surface area contributed by atoms with Crippen LogP contribution < -0.4 is 0 Å². The highest BCUT2D eigenvalue weighted by molar-refractivity contribution is 6.49. The van der Waals surface area contributed by atoms with Crippen LogP contribution in [0, 0.1) is 0 Å². The maximum absolute atomic E-state index is 9.27. The Bertz CT molecular complexity index is 324. The minimum Gasteiger partial charge on any atom is -0.423 e. The molecule has 3 heteroatoms. The highest BCUT2D eigenvalue weighted by Gasteiger charge is 2.19. The lowest BCUT2D eigenvalue weighted by molar-refractivity contribution is 0.160. The molecule has 1 aliphatic heterocycles. The average molecular weight is 202 g/mol. The smallest absolute Gasteiger partial charge is 0.423 e. The second kappa shape index (κ2) is 5.15. The van der Waals surface area contributed by atoms with Crippen LogP contribution in [-0.2, 0) is 11.1 Å². The van der Waals surface area contributed by atoms with E-state index in [1.165, 1.54) is 5.56 Å². The molecule has 0 aromatic heterocycles. The van der Waals surface area contributed by atoms with Gasteiger partial charge in [0.15, 0.2) is 0 Å². The minimum atomic E-state index is -0.709. The van der Waals surface area contributed by atoms with E-state index in [1.807, 2.05) is 24.3 Å². The third-order valence-corrected chi connectivity index (χ3v) is 2.63. The monoisotopic (exact) mass is 202 g/mol. The standard InChI is InChI=1S/C12H15BO2/c14-13-10-4-7-12(15-13)9-8-11-5-2-1-3-6-11/h1-6,10,12,14H,7-9H2. The Morgan fingerprint density at radius 1 is 1.33 bits per heavy atom. The Kier molecular flexibility index (Phi) is 3.59. The molecule has 15 heavy (non-hydrogen) atoms. The van der Waals surface area contributed by atoms with Crippen molar-refractivity contribution in [2.24, 2.45) is 0 Å². The lowest BCUT2D eigenvalue weighted by Crippen LogP contribution is -2.27. The molecule has 1 aromatic carbocycles. The maximum Gasteiger partial charge on any atom is 0.483 e. The van der Waals surface area contributed by atoms with E-state index < -0.39 is 7.12 Å². The van der Waals surface area contributed by atoms with Gasteiger partial charge >= 0.3 is 7.12 Å². The van der Waals surface area contributed by atoms with Gasteiger partial charge in [-0.15, -0.1) is 0 Å². The Balaban J connectivity index is 1.81. The second-order valence-corrected chi connectivity index (χ2v) is 3.84. The van der Waals surface area contributed by atoms with Gasteiger partial charge in [0, 0.05) is 6.10 Å². The van der Waals surface area contributed by atoms with Crippen LogP contribution in [0.4, 0.5) is 0 Å². The van der Waals surface area contributed by atoms with Gasteiger partial charge in [0.05, 0.1) is 0 Å². The van der Waals surface area contributed by atoms with Gasteiger partial charge in [0.25, 0.3) is 0 Å². The van der Waals surface area contributed by atoms with Crippen LogP contribution in [0.3, 0.4) is 0 Å². The van der Waals surface area contributed by atoms with E-state index in [-0.39, 0.29) is 6.10 Å². The summed E-state index contributed by atoms with van der Waals surface area (Å²) >= 11 is 0. The molecule has 0 aliphatic carbocycles. The van der Waals surface area contributed by atoms with E-state index in [4.69, 9.17) is 4.65 Å². The SMILES string of the molecule is OB1C=CCC(CCc2ccccc2)O1. The van der Waals surface area contributed by atoms with Crippen LogP contribution >= 0.6 is 0 Å². The number of hydrogen-bond donors (Lipinski definition) is 1. The molecule has 0 saturated carbocycles. The van der Waals surface area contributed by atoms with Gasteiger partial charge < -0.3 is 9.68 Å². The fraction of sp³-hybridized carbons (Fsp3) is 0.333. The summed E-state index contributed by atoms with van der Waals surface area (Å²) in [5.74, 6) is 1.69. The molecule has 0 bridgehead atoms. The van der Waals surface area contributed by atoms with Crippen LogP contribution in [0.5, 0.6) is 0 Å². The molecule has 0 amide bonds. The summed E-state index contributed by atoms with van der Waals surface area (Å²) in [4.78, 5) is 0. The first-order chi connectivity index (χ1) is 7.34. The van der Waals surface area contributed by atoms with Crippen molar-refractivity contribution in [3.05, 3.63) is 47.9 Å². The van der Waals surface area contributed by atoms with Gasteiger partial charge in [-0.05, 0) is 24.8 Å². The van der Waals surface area contributed by atoms with E-state index in [0.29, 0.717) is 0 Å². The van der Waals surface area contributed by atoms with Crippen molar-refractivity contribution in [2.75, 3.05) is 0 Å². The summed E-state index contributed by atoms with van der Waals surface area (Å²) in [6.45, 7) is 0. The summed E-state index contributed by atoms with van der Waals surface area (Å²) in [6, 6.07) is 10.4. The van der Waals surface area contributed by atoms with Crippen molar-refractivity contribution in [1.82, 2.24) is 0 Å². The number of hydrogen-bond acceptors (Lipinski definition) is 2. The first kappa shape index (κ1) is 10.5. The number of rotatable bonds is 3. The van der Waals surface area contributed by atoms with Gasteiger partial charge in [0.1, 0.15) is 0 Å². The topological polar surface area (TPSA) is 29.5 Å². The van der Waals surface area contributed by atoms with Gasteiger partial charge in [-0.3, -0.25) is 0 Å². The van der Waals surface area contributed by atoms with Crippen LogP contribution in [0.25, 0.3) is 0 Å². The van der Waals surface area contributed by atoms with E-state index in [1.54, 1.807) is 5.98 Å². The maximum atomic E-state index is 9.27. The fourth-order valence-corrected chi connectivity index (χ4v) is 1.80. The zero-order valence-corrected chi connectivity index (χ0v) is 8.67. The first-order valence-electron chi connectivity index (χ1n) is 5.39. The van der Waals surface area contributed by atoms with E-state index in [0.717, 1.165) is 19.3 Å². The zero-order valence-electron chi connectivity index (χ0n) is 8.67. The predicted molar refractivity (Wildman–Crippen MR) is 61.4 cm³/mol. The Morgan fingerprint density at radius 3 is 2.87 bits per heavy atom. The molecular weight excluding hydrogens is 187 g/mol. The number of aryl methyl sites for hydroxylation is 1. The minimum absolute atomic E-state index is 0.158. The predicted octanol–water partition coefficient (Wildman–Crippen LogP) is 1.98. The largest absolute Gasteiger partial charge is 0.483 e. The highest BCUT2D eigenvalue weighted by atomic mass is 16.5. The van der Waals surface area contributed by atoms with Gasteiger partial charge in [-0.1, -0.05) is 42.4 Å². The van der Waals surface area contributed by atoms with E-state index in [2.05, 4.69) is 12.1 Å². The van der Waals surface area contributed by atoms with Gasteiger partial charge in [0.2, 0.25) is 0 Å². The molecular formula is C12H15BO2. The summed E-state index contributed by atoms with van der Waals surface area (Å²) in [6.07, 6.45) is 5.02. The Morgan fingerprint density at radius 2 is 2.13 bits per heavy atom. The molecule has 0 fully saturated rings. The molecule has 1 heterocycles. The molecule has 0 spiro atoms. The van der Waals surface area contributed by atoms with Crippen molar-refractivity contribution < 1.29 is 9.68 Å². The zero-order chi connectivity index (χ0) is 10.5. The van der Waals surface area contributed by atoms with E-state index in [9.17, 15) is 5.02 Å². The normalized spacial score (nSPS) is 20.6. The van der Waals surface area contributed by atoms with Crippen molar-refractivity contribution in [3.8, 4) is 0 Å². The molecule has 1 N–H and O–H groups in total. The Hall–Kier alpha value is -1.06. The van der Waals surface area contributed by atoms with Crippen LogP contribution in [0.15, 0.2) is 42.4 Å². The van der Waals surface area contributed by atoms with Crippen LogP contribution in [0.2, 0.25) is 0 Å². The first-order valence-corrected chi connectivity index (χ1v) is 5.39. The molecule has 78 valence electrons.